The van der Waals surface area contributed by atoms with E-state index in [0.717, 1.165) is 51.3 Å². The molecule has 2 aliphatic carbocycles. The van der Waals surface area contributed by atoms with Crippen LogP contribution in [0.2, 0.25) is 0 Å². The summed E-state index contributed by atoms with van der Waals surface area (Å²) in [7, 11) is 0. The Morgan fingerprint density at radius 1 is 1.27 bits per heavy atom. The van der Waals surface area contributed by atoms with E-state index in [-0.39, 0.29) is 30.1 Å². The van der Waals surface area contributed by atoms with Gasteiger partial charge in [-0.2, -0.15) is 0 Å². The van der Waals surface area contributed by atoms with Crippen molar-refractivity contribution < 1.29 is 5.11 Å². The largest absolute Gasteiger partial charge is 0.393 e. The first kappa shape index (κ1) is 19.7. The van der Waals surface area contributed by atoms with E-state index in [4.69, 9.17) is 0 Å². The lowest BCUT2D eigenvalue weighted by molar-refractivity contribution is 0.136. The van der Waals surface area contributed by atoms with E-state index in [1.807, 2.05) is 0 Å². The lowest BCUT2D eigenvalue weighted by atomic mass is 9.97. The summed E-state index contributed by atoms with van der Waals surface area (Å²) in [6.45, 7) is 4.65. The van der Waals surface area contributed by atoms with Gasteiger partial charge in [0, 0.05) is 25.6 Å². The number of rotatable bonds is 6. The van der Waals surface area contributed by atoms with Gasteiger partial charge in [0.15, 0.2) is 5.96 Å². The minimum absolute atomic E-state index is 0. The van der Waals surface area contributed by atoms with Crippen LogP contribution in [0.25, 0.3) is 0 Å². The Hall–Kier alpha value is -0.300. The van der Waals surface area contributed by atoms with Gasteiger partial charge in [-0.05, 0) is 51.9 Å². The molecule has 0 amide bonds. The van der Waals surface area contributed by atoms with Gasteiger partial charge in [0.05, 0.1) is 6.10 Å². The lowest BCUT2D eigenvalue weighted by Crippen LogP contribution is -2.38. The molecule has 0 aliphatic heterocycles. The number of nitrogens with one attached hydrogen (secondary N) is 2. The number of aliphatic imine (C=N–C) groups is 1. The molecule has 4 nitrogen and oxygen atoms in total. The standard InChI is InChI=1S/C17H31N3O.HI/c1-2-18-17(20-13-15-9-6-10-16(15)21)19-12-11-14-7-4-3-5-8-14;/h7,15-16,21H,2-6,8-13H2,1H3,(H2,18,19,20);1H. The van der Waals surface area contributed by atoms with Crippen molar-refractivity contribution >= 4 is 29.9 Å². The maximum Gasteiger partial charge on any atom is 0.191 e. The molecule has 3 N–H and O–H groups in total. The van der Waals surface area contributed by atoms with Gasteiger partial charge in [-0.1, -0.05) is 18.1 Å². The molecule has 2 atom stereocenters. The Kier molecular flexibility index (Phi) is 10.1. The van der Waals surface area contributed by atoms with Gasteiger partial charge in [0.25, 0.3) is 0 Å². The fraction of sp³-hybridized carbons (Fsp3) is 0.824. The Balaban J connectivity index is 0.00000242. The molecule has 22 heavy (non-hydrogen) atoms. The van der Waals surface area contributed by atoms with Crippen LogP contribution in [0.3, 0.4) is 0 Å². The molecule has 0 aromatic heterocycles. The van der Waals surface area contributed by atoms with Gasteiger partial charge in [0.2, 0.25) is 0 Å². The summed E-state index contributed by atoms with van der Waals surface area (Å²) in [5.41, 5.74) is 1.59. The minimum Gasteiger partial charge on any atom is -0.393 e. The molecule has 0 spiro atoms. The monoisotopic (exact) mass is 421 g/mol. The van der Waals surface area contributed by atoms with Crippen LogP contribution < -0.4 is 10.6 Å². The van der Waals surface area contributed by atoms with Gasteiger partial charge in [-0.3, -0.25) is 4.99 Å². The number of guanidine groups is 1. The van der Waals surface area contributed by atoms with E-state index in [2.05, 4.69) is 28.6 Å². The number of hydrogen-bond acceptors (Lipinski definition) is 2. The van der Waals surface area contributed by atoms with Gasteiger partial charge < -0.3 is 15.7 Å². The zero-order chi connectivity index (χ0) is 14.9. The van der Waals surface area contributed by atoms with Crippen LogP contribution in [-0.4, -0.2) is 36.8 Å². The molecule has 0 aromatic carbocycles. The molecule has 2 aliphatic rings. The quantitative estimate of drug-likeness (QED) is 0.267. The predicted octanol–water partition coefficient (Wildman–Crippen LogP) is 3.21. The fourth-order valence-electron chi connectivity index (χ4n) is 3.25. The van der Waals surface area contributed by atoms with E-state index in [0.29, 0.717) is 5.92 Å². The summed E-state index contributed by atoms with van der Waals surface area (Å²) in [6.07, 6.45) is 11.8. The summed E-state index contributed by atoms with van der Waals surface area (Å²) in [5, 5.41) is 16.6. The second kappa shape index (κ2) is 11.3. The number of halogens is 1. The van der Waals surface area contributed by atoms with Crippen molar-refractivity contribution in [3.05, 3.63) is 11.6 Å². The maximum atomic E-state index is 9.86. The minimum atomic E-state index is -0.149. The fourth-order valence-corrected chi connectivity index (χ4v) is 3.25. The van der Waals surface area contributed by atoms with Crippen molar-refractivity contribution in [2.75, 3.05) is 19.6 Å². The Labute approximate surface area is 152 Å². The first-order chi connectivity index (χ1) is 10.3. The number of hydrogen-bond donors (Lipinski definition) is 3. The second-order valence-corrected chi connectivity index (χ2v) is 6.26. The third kappa shape index (κ3) is 6.86. The predicted molar refractivity (Wildman–Crippen MR) is 104 cm³/mol. The van der Waals surface area contributed by atoms with Crippen molar-refractivity contribution in [2.45, 2.75) is 64.4 Å². The molecular formula is C17H32IN3O. The van der Waals surface area contributed by atoms with Gasteiger partial charge in [0.1, 0.15) is 0 Å². The second-order valence-electron chi connectivity index (χ2n) is 6.26. The summed E-state index contributed by atoms with van der Waals surface area (Å²) < 4.78 is 0. The summed E-state index contributed by atoms with van der Waals surface area (Å²) in [4.78, 5) is 4.64. The maximum absolute atomic E-state index is 9.86. The van der Waals surface area contributed by atoms with Crippen LogP contribution >= 0.6 is 24.0 Å². The average Bonchev–Trinajstić information content (AvgIpc) is 2.91. The van der Waals surface area contributed by atoms with Crippen molar-refractivity contribution in [1.82, 2.24) is 10.6 Å². The summed E-state index contributed by atoms with van der Waals surface area (Å²) >= 11 is 0. The van der Waals surface area contributed by atoms with Crippen LogP contribution in [0, 0.1) is 5.92 Å². The van der Waals surface area contributed by atoms with E-state index in [1.54, 1.807) is 5.57 Å². The molecule has 2 rings (SSSR count). The SMILES string of the molecule is CCNC(=NCC1CCCC1O)NCCC1=CCCCC1.I. The number of allylic oxidation sites excluding steroid dienone is 1. The molecule has 0 heterocycles. The highest BCUT2D eigenvalue weighted by atomic mass is 127. The number of aliphatic hydroxyl groups is 1. The number of nitrogens with zero attached hydrogens (tertiary/aromatic N) is 1. The summed E-state index contributed by atoms with van der Waals surface area (Å²) in [6, 6.07) is 0. The molecule has 5 heteroatoms. The topological polar surface area (TPSA) is 56.7 Å². The molecule has 1 saturated carbocycles. The van der Waals surface area contributed by atoms with Crippen molar-refractivity contribution in [3.8, 4) is 0 Å². The molecule has 0 radical (unpaired) electrons. The highest BCUT2D eigenvalue weighted by molar-refractivity contribution is 14.0. The van der Waals surface area contributed by atoms with E-state index >= 15 is 0 Å². The van der Waals surface area contributed by atoms with Crippen LogP contribution in [-0.2, 0) is 0 Å². The third-order valence-electron chi connectivity index (χ3n) is 4.57. The highest BCUT2D eigenvalue weighted by Crippen LogP contribution is 2.25. The van der Waals surface area contributed by atoms with Crippen molar-refractivity contribution in [2.24, 2.45) is 10.9 Å². The smallest absolute Gasteiger partial charge is 0.191 e. The average molecular weight is 421 g/mol. The Bertz CT molecular complexity index is 371. The molecule has 0 bridgehead atoms. The molecule has 2 unspecified atom stereocenters. The zero-order valence-electron chi connectivity index (χ0n) is 13.8. The van der Waals surface area contributed by atoms with Crippen molar-refractivity contribution in [3.63, 3.8) is 0 Å². The van der Waals surface area contributed by atoms with Crippen LogP contribution in [0.1, 0.15) is 58.3 Å². The zero-order valence-corrected chi connectivity index (χ0v) is 16.1. The molecular weight excluding hydrogens is 389 g/mol. The van der Waals surface area contributed by atoms with Crippen LogP contribution in [0.5, 0.6) is 0 Å². The van der Waals surface area contributed by atoms with E-state index < -0.39 is 0 Å². The molecule has 0 saturated heterocycles. The summed E-state index contributed by atoms with van der Waals surface area (Å²) in [5.74, 6) is 1.24. The first-order valence-electron chi connectivity index (χ1n) is 8.67. The first-order valence-corrected chi connectivity index (χ1v) is 8.67. The highest BCUT2D eigenvalue weighted by Gasteiger charge is 2.24. The van der Waals surface area contributed by atoms with Crippen LogP contribution in [0.15, 0.2) is 16.6 Å². The van der Waals surface area contributed by atoms with Gasteiger partial charge >= 0.3 is 0 Å². The van der Waals surface area contributed by atoms with Crippen molar-refractivity contribution in [1.29, 1.82) is 0 Å². The Morgan fingerprint density at radius 2 is 2.14 bits per heavy atom. The third-order valence-corrected chi connectivity index (χ3v) is 4.57. The molecule has 128 valence electrons. The number of aliphatic hydroxyl groups excluding tert-OH is 1. The van der Waals surface area contributed by atoms with Crippen LogP contribution in [0.4, 0.5) is 0 Å². The van der Waals surface area contributed by atoms with Gasteiger partial charge in [-0.25, -0.2) is 0 Å². The van der Waals surface area contributed by atoms with E-state index in [9.17, 15) is 5.11 Å². The van der Waals surface area contributed by atoms with E-state index in [1.165, 1.54) is 25.7 Å². The molecule has 1 fully saturated rings. The lowest BCUT2D eigenvalue weighted by Gasteiger charge is -2.16. The normalized spacial score (nSPS) is 25.4. The van der Waals surface area contributed by atoms with Gasteiger partial charge in [-0.15, -0.1) is 24.0 Å². The molecule has 0 aromatic rings. The Morgan fingerprint density at radius 3 is 2.77 bits per heavy atom.